The second kappa shape index (κ2) is 9.43. The van der Waals surface area contributed by atoms with Gasteiger partial charge in [-0.05, 0) is 49.1 Å². The molecule has 9 heteroatoms. The highest BCUT2D eigenvalue weighted by Gasteiger charge is 2.27. The molecule has 0 saturated carbocycles. The molecule has 0 aliphatic rings. The Balaban J connectivity index is 1.78. The van der Waals surface area contributed by atoms with Crippen LogP contribution < -0.4 is 10.0 Å². The first kappa shape index (κ1) is 22.7. The number of hydrogen-bond donors (Lipinski definition) is 2. The third-order valence-electron chi connectivity index (χ3n) is 4.51. The molecular formula is C21H24ClN3O3S2. The van der Waals surface area contributed by atoms with Gasteiger partial charge in [0.1, 0.15) is 6.04 Å². The molecule has 0 bridgehead atoms. The van der Waals surface area contributed by atoms with Crippen molar-refractivity contribution in [2.75, 3.05) is 0 Å². The topological polar surface area (TPSA) is 88.2 Å². The van der Waals surface area contributed by atoms with E-state index in [4.69, 9.17) is 11.6 Å². The number of rotatable bonds is 8. The number of sulfonamides is 1. The van der Waals surface area contributed by atoms with E-state index in [1.165, 1.54) is 17.4 Å². The molecule has 2 N–H and O–H groups in total. The molecule has 3 rings (SSSR count). The Morgan fingerprint density at radius 2 is 1.93 bits per heavy atom. The van der Waals surface area contributed by atoms with Crippen molar-refractivity contribution in [3.63, 3.8) is 0 Å². The Bertz CT molecular complexity index is 1160. The third-order valence-corrected chi connectivity index (χ3v) is 7.28. The number of carbonyl (C=O) groups excluding carboxylic acids is 1. The molecule has 3 aromatic rings. The van der Waals surface area contributed by atoms with Gasteiger partial charge >= 0.3 is 0 Å². The lowest BCUT2D eigenvalue weighted by atomic mass is 10.0. The minimum absolute atomic E-state index is 0.117. The van der Waals surface area contributed by atoms with Crippen LogP contribution in [-0.2, 0) is 21.4 Å². The lowest BCUT2D eigenvalue weighted by molar-refractivity contribution is -0.123. The number of amides is 1. The molecule has 1 unspecified atom stereocenters. The number of nitrogens with zero attached hydrogens (tertiary/aromatic N) is 1. The fraction of sp³-hybridized carbons (Fsp3) is 0.333. The summed E-state index contributed by atoms with van der Waals surface area (Å²) in [6, 6.07) is 11.1. The van der Waals surface area contributed by atoms with Crippen molar-refractivity contribution in [2.24, 2.45) is 5.92 Å². The summed E-state index contributed by atoms with van der Waals surface area (Å²) in [7, 11) is -3.88. The Hall–Kier alpha value is -2.00. The Morgan fingerprint density at radius 1 is 1.20 bits per heavy atom. The van der Waals surface area contributed by atoms with E-state index < -0.39 is 16.1 Å². The molecule has 0 radical (unpaired) electrons. The van der Waals surface area contributed by atoms with E-state index in [0.29, 0.717) is 11.4 Å². The molecular weight excluding hydrogens is 442 g/mol. The molecule has 0 spiro atoms. The molecule has 1 atom stereocenters. The molecule has 160 valence electrons. The van der Waals surface area contributed by atoms with Gasteiger partial charge in [0.2, 0.25) is 15.9 Å². The van der Waals surface area contributed by atoms with Crippen LogP contribution >= 0.6 is 22.9 Å². The molecule has 0 aliphatic carbocycles. The summed E-state index contributed by atoms with van der Waals surface area (Å²) in [5, 5.41) is 4.21. The van der Waals surface area contributed by atoms with Gasteiger partial charge in [-0.15, -0.1) is 11.3 Å². The van der Waals surface area contributed by atoms with E-state index in [9.17, 15) is 13.2 Å². The zero-order chi connectivity index (χ0) is 21.9. The largest absolute Gasteiger partial charge is 0.351 e. The average molecular weight is 466 g/mol. The number of carbonyl (C=O) groups is 1. The van der Waals surface area contributed by atoms with Gasteiger partial charge in [0.05, 0.1) is 20.1 Å². The number of aryl methyl sites for hydroxylation is 1. The fourth-order valence-electron chi connectivity index (χ4n) is 3.07. The van der Waals surface area contributed by atoms with Crippen LogP contribution in [0.4, 0.5) is 0 Å². The number of aromatic nitrogens is 1. The van der Waals surface area contributed by atoms with Crippen molar-refractivity contribution in [3.8, 4) is 0 Å². The van der Waals surface area contributed by atoms with Crippen molar-refractivity contribution >= 4 is 49.1 Å². The Morgan fingerprint density at radius 3 is 2.63 bits per heavy atom. The van der Waals surface area contributed by atoms with Crippen LogP contribution in [0.5, 0.6) is 0 Å². The summed E-state index contributed by atoms with van der Waals surface area (Å²) < 4.78 is 29.3. The zero-order valence-electron chi connectivity index (χ0n) is 17.0. The quantitative estimate of drug-likeness (QED) is 0.520. The van der Waals surface area contributed by atoms with Crippen LogP contribution in [0.3, 0.4) is 0 Å². The second-order valence-corrected chi connectivity index (χ2v) is 10.8. The normalized spacial score (nSPS) is 13.0. The predicted octanol–water partition coefficient (Wildman–Crippen LogP) is 4.27. The maximum atomic E-state index is 13.0. The molecule has 2 aromatic carbocycles. The van der Waals surface area contributed by atoms with Crippen LogP contribution in [0.2, 0.25) is 5.02 Å². The minimum atomic E-state index is -3.88. The monoisotopic (exact) mass is 465 g/mol. The van der Waals surface area contributed by atoms with Crippen molar-refractivity contribution in [1.82, 2.24) is 15.0 Å². The van der Waals surface area contributed by atoms with Gasteiger partial charge in [-0.2, -0.15) is 4.72 Å². The molecule has 0 fully saturated rings. The van der Waals surface area contributed by atoms with Gasteiger partial charge in [-0.1, -0.05) is 43.6 Å². The highest BCUT2D eigenvalue weighted by atomic mass is 35.5. The highest BCUT2D eigenvalue weighted by molar-refractivity contribution is 7.89. The molecule has 0 aliphatic heterocycles. The SMILES string of the molecule is Cc1nc2ccc(S(=O)(=O)NC(CC(C)C)C(=O)NCc3ccccc3Cl)cc2s1. The number of benzene rings is 2. The molecule has 1 aromatic heterocycles. The van der Waals surface area contributed by atoms with Gasteiger partial charge in [0.15, 0.2) is 0 Å². The van der Waals surface area contributed by atoms with Crippen LogP contribution in [-0.4, -0.2) is 25.4 Å². The standard InChI is InChI=1S/C21H24ClN3O3S2/c1-13(2)10-19(21(26)23-12-15-6-4-5-7-17(15)22)25-30(27,28)16-8-9-18-20(11-16)29-14(3)24-18/h4-9,11,13,19,25H,10,12H2,1-3H3,(H,23,26). The molecule has 1 heterocycles. The van der Waals surface area contributed by atoms with E-state index in [0.717, 1.165) is 20.8 Å². The van der Waals surface area contributed by atoms with Gasteiger partial charge in [-0.3, -0.25) is 4.79 Å². The van der Waals surface area contributed by atoms with Gasteiger partial charge in [0, 0.05) is 11.6 Å². The van der Waals surface area contributed by atoms with E-state index in [2.05, 4.69) is 15.0 Å². The van der Waals surface area contributed by atoms with E-state index >= 15 is 0 Å². The summed E-state index contributed by atoms with van der Waals surface area (Å²) in [6.07, 6.45) is 0.371. The first-order valence-electron chi connectivity index (χ1n) is 9.56. The van der Waals surface area contributed by atoms with Crippen molar-refractivity contribution < 1.29 is 13.2 Å². The Labute approximate surface area is 185 Å². The summed E-state index contributed by atoms with van der Waals surface area (Å²) in [5.74, 6) is -0.266. The van der Waals surface area contributed by atoms with Crippen molar-refractivity contribution in [1.29, 1.82) is 0 Å². The van der Waals surface area contributed by atoms with E-state index in [1.54, 1.807) is 18.2 Å². The van der Waals surface area contributed by atoms with E-state index in [1.807, 2.05) is 39.0 Å². The number of fused-ring (bicyclic) bond motifs is 1. The van der Waals surface area contributed by atoms with Crippen LogP contribution in [0.15, 0.2) is 47.4 Å². The lowest BCUT2D eigenvalue weighted by Gasteiger charge is -2.20. The van der Waals surface area contributed by atoms with Gasteiger partial charge in [-0.25, -0.2) is 13.4 Å². The molecule has 6 nitrogen and oxygen atoms in total. The first-order chi connectivity index (χ1) is 14.2. The maximum absolute atomic E-state index is 13.0. The molecule has 1 amide bonds. The Kier molecular flexibility index (Phi) is 7.13. The second-order valence-electron chi connectivity index (χ2n) is 7.48. The number of thiazole rings is 1. The summed E-state index contributed by atoms with van der Waals surface area (Å²) in [6.45, 7) is 5.98. The summed E-state index contributed by atoms with van der Waals surface area (Å²) in [4.78, 5) is 17.3. The summed E-state index contributed by atoms with van der Waals surface area (Å²) >= 11 is 7.57. The first-order valence-corrected chi connectivity index (χ1v) is 12.2. The number of nitrogens with one attached hydrogen (secondary N) is 2. The van der Waals surface area contributed by atoms with Crippen LogP contribution in [0, 0.1) is 12.8 Å². The smallest absolute Gasteiger partial charge is 0.241 e. The number of halogens is 1. The zero-order valence-corrected chi connectivity index (χ0v) is 19.4. The molecule has 30 heavy (non-hydrogen) atoms. The summed E-state index contributed by atoms with van der Waals surface area (Å²) in [5.41, 5.74) is 1.53. The van der Waals surface area contributed by atoms with Crippen LogP contribution in [0.25, 0.3) is 10.2 Å². The van der Waals surface area contributed by atoms with Gasteiger partial charge < -0.3 is 5.32 Å². The van der Waals surface area contributed by atoms with Crippen molar-refractivity contribution in [3.05, 3.63) is 58.1 Å². The van der Waals surface area contributed by atoms with Crippen molar-refractivity contribution in [2.45, 2.75) is 44.7 Å². The predicted molar refractivity (Wildman–Crippen MR) is 121 cm³/mol. The third kappa shape index (κ3) is 5.57. The maximum Gasteiger partial charge on any atom is 0.241 e. The number of hydrogen-bond acceptors (Lipinski definition) is 5. The fourth-order valence-corrected chi connectivity index (χ4v) is 5.45. The molecule has 0 saturated heterocycles. The minimum Gasteiger partial charge on any atom is -0.351 e. The van der Waals surface area contributed by atoms with E-state index in [-0.39, 0.29) is 23.3 Å². The van der Waals surface area contributed by atoms with Gasteiger partial charge in [0.25, 0.3) is 0 Å². The highest BCUT2D eigenvalue weighted by Crippen LogP contribution is 2.25. The average Bonchev–Trinajstić information content (AvgIpc) is 3.05. The lowest BCUT2D eigenvalue weighted by Crippen LogP contribution is -2.47. The van der Waals surface area contributed by atoms with Crippen LogP contribution in [0.1, 0.15) is 30.8 Å².